The lowest BCUT2D eigenvalue weighted by Crippen LogP contribution is -2.03. The Bertz CT molecular complexity index is 711. The third-order valence-corrected chi connectivity index (χ3v) is 4.41. The van der Waals surface area contributed by atoms with Crippen LogP contribution in [-0.2, 0) is 0 Å². The highest BCUT2D eigenvalue weighted by Crippen LogP contribution is 2.38. The summed E-state index contributed by atoms with van der Waals surface area (Å²) in [6.07, 6.45) is 3.52. The molecule has 126 valence electrons. The smallest absolute Gasteiger partial charge is 0.126 e. The first-order valence-corrected chi connectivity index (χ1v) is 8.19. The average molecular weight is 322 g/mol. The second-order valence-electron chi connectivity index (χ2n) is 5.93. The van der Waals surface area contributed by atoms with E-state index in [-0.39, 0.29) is 0 Å². The zero-order valence-electron chi connectivity index (χ0n) is 15.1. The number of benzene rings is 2. The van der Waals surface area contributed by atoms with Gasteiger partial charge in [0, 0.05) is 0 Å². The van der Waals surface area contributed by atoms with E-state index in [2.05, 4.69) is 53.0 Å². The minimum Gasteiger partial charge on any atom is -0.490 e. The molecule has 2 aromatic rings. The molecule has 0 saturated heterocycles. The van der Waals surface area contributed by atoms with Gasteiger partial charge < -0.3 is 9.47 Å². The molecule has 0 aliphatic carbocycles. The summed E-state index contributed by atoms with van der Waals surface area (Å²) in [5.74, 6) is 1.83. The van der Waals surface area contributed by atoms with Crippen molar-refractivity contribution in [3.05, 3.63) is 71.8 Å². The van der Waals surface area contributed by atoms with Crippen molar-refractivity contribution in [1.82, 2.24) is 0 Å². The molecule has 0 unspecified atom stereocenters. The topological polar surface area (TPSA) is 18.5 Å². The zero-order valence-corrected chi connectivity index (χ0v) is 15.1. The standard InChI is InChI=1S/C22H26O2/c1-7-13-23-20-11-9-19(10-12-20)21-15(3)17(5)22(24-14-8-2)18(6)16(21)4/h7-12H,1-2,13-14H2,3-6H3. The molecule has 0 fully saturated rings. The molecule has 0 aliphatic heterocycles. The first kappa shape index (κ1) is 17.9. The second kappa shape index (κ2) is 7.87. The van der Waals surface area contributed by atoms with E-state index in [0.29, 0.717) is 13.2 Å². The van der Waals surface area contributed by atoms with Gasteiger partial charge in [0.25, 0.3) is 0 Å². The Hall–Kier alpha value is -2.48. The van der Waals surface area contributed by atoms with Gasteiger partial charge in [0.05, 0.1) is 0 Å². The van der Waals surface area contributed by atoms with Crippen LogP contribution in [-0.4, -0.2) is 13.2 Å². The average Bonchev–Trinajstić information content (AvgIpc) is 2.59. The van der Waals surface area contributed by atoms with E-state index in [1.54, 1.807) is 12.2 Å². The van der Waals surface area contributed by atoms with Crippen molar-refractivity contribution < 1.29 is 9.47 Å². The maximum atomic E-state index is 5.89. The summed E-state index contributed by atoms with van der Waals surface area (Å²) in [6, 6.07) is 8.23. The zero-order chi connectivity index (χ0) is 17.7. The molecule has 0 spiro atoms. The van der Waals surface area contributed by atoms with Crippen molar-refractivity contribution in [3.63, 3.8) is 0 Å². The Morgan fingerprint density at radius 1 is 0.750 bits per heavy atom. The quantitative estimate of drug-likeness (QED) is 0.607. The van der Waals surface area contributed by atoms with Gasteiger partial charge in [-0.25, -0.2) is 0 Å². The van der Waals surface area contributed by atoms with Crippen LogP contribution < -0.4 is 9.47 Å². The minimum absolute atomic E-state index is 0.519. The lowest BCUT2D eigenvalue weighted by Gasteiger charge is -2.21. The fraction of sp³-hybridized carbons (Fsp3) is 0.273. The van der Waals surface area contributed by atoms with Crippen LogP contribution in [0.1, 0.15) is 22.3 Å². The van der Waals surface area contributed by atoms with Crippen LogP contribution in [0.5, 0.6) is 11.5 Å². The molecular weight excluding hydrogens is 296 g/mol. The van der Waals surface area contributed by atoms with Gasteiger partial charge in [0.2, 0.25) is 0 Å². The van der Waals surface area contributed by atoms with E-state index in [4.69, 9.17) is 9.47 Å². The summed E-state index contributed by atoms with van der Waals surface area (Å²) < 4.78 is 11.5. The lowest BCUT2D eigenvalue weighted by molar-refractivity contribution is 0.357. The van der Waals surface area contributed by atoms with Gasteiger partial charge in [-0.05, 0) is 73.2 Å². The number of hydrogen-bond acceptors (Lipinski definition) is 2. The van der Waals surface area contributed by atoms with Crippen molar-refractivity contribution in [1.29, 1.82) is 0 Å². The van der Waals surface area contributed by atoms with E-state index in [0.717, 1.165) is 11.5 Å². The van der Waals surface area contributed by atoms with E-state index >= 15 is 0 Å². The third-order valence-electron chi connectivity index (χ3n) is 4.41. The largest absolute Gasteiger partial charge is 0.490 e. The molecule has 0 atom stereocenters. The van der Waals surface area contributed by atoms with Gasteiger partial charge in [-0.3, -0.25) is 0 Å². The molecule has 0 saturated carbocycles. The van der Waals surface area contributed by atoms with Gasteiger partial charge in [-0.2, -0.15) is 0 Å². The van der Waals surface area contributed by atoms with Crippen molar-refractivity contribution >= 4 is 0 Å². The molecule has 0 aliphatic rings. The van der Waals surface area contributed by atoms with Crippen LogP contribution in [0.2, 0.25) is 0 Å². The molecule has 0 aromatic heterocycles. The number of rotatable bonds is 7. The molecule has 24 heavy (non-hydrogen) atoms. The Kier molecular flexibility index (Phi) is 5.86. The summed E-state index contributed by atoms with van der Waals surface area (Å²) >= 11 is 0. The summed E-state index contributed by atoms with van der Waals surface area (Å²) in [5, 5.41) is 0. The highest BCUT2D eigenvalue weighted by Gasteiger charge is 2.16. The van der Waals surface area contributed by atoms with Crippen molar-refractivity contribution in [3.8, 4) is 22.6 Å². The van der Waals surface area contributed by atoms with Crippen LogP contribution in [0, 0.1) is 27.7 Å². The SMILES string of the molecule is C=CCOc1ccc(-c2c(C)c(C)c(OCC=C)c(C)c2C)cc1. The van der Waals surface area contributed by atoms with Crippen LogP contribution in [0.3, 0.4) is 0 Å². The monoisotopic (exact) mass is 322 g/mol. The Balaban J connectivity index is 2.47. The fourth-order valence-corrected chi connectivity index (χ4v) is 2.94. The summed E-state index contributed by atoms with van der Waals surface area (Å²) in [5.41, 5.74) is 7.32. The minimum atomic E-state index is 0.519. The lowest BCUT2D eigenvalue weighted by atomic mass is 9.89. The maximum Gasteiger partial charge on any atom is 0.126 e. The van der Waals surface area contributed by atoms with Crippen LogP contribution in [0.4, 0.5) is 0 Å². The number of hydrogen-bond donors (Lipinski definition) is 0. The van der Waals surface area contributed by atoms with Gasteiger partial charge in [0.15, 0.2) is 0 Å². The van der Waals surface area contributed by atoms with E-state index in [1.165, 1.54) is 33.4 Å². The molecule has 2 nitrogen and oxygen atoms in total. The predicted octanol–water partition coefficient (Wildman–Crippen LogP) is 5.72. The Labute approximate surface area is 145 Å². The second-order valence-corrected chi connectivity index (χ2v) is 5.93. The van der Waals surface area contributed by atoms with E-state index < -0.39 is 0 Å². The van der Waals surface area contributed by atoms with Gasteiger partial charge >= 0.3 is 0 Å². The summed E-state index contributed by atoms with van der Waals surface area (Å²) in [7, 11) is 0. The Morgan fingerprint density at radius 2 is 1.25 bits per heavy atom. The first-order chi connectivity index (χ1) is 11.5. The van der Waals surface area contributed by atoms with Gasteiger partial charge in [-0.1, -0.05) is 37.4 Å². The van der Waals surface area contributed by atoms with Crippen molar-refractivity contribution in [2.75, 3.05) is 13.2 Å². The molecule has 2 aromatic carbocycles. The molecule has 0 bridgehead atoms. The predicted molar refractivity (Wildman–Crippen MR) is 102 cm³/mol. The normalized spacial score (nSPS) is 10.3. The molecule has 2 heteroatoms. The molecule has 2 rings (SSSR count). The fourth-order valence-electron chi connectivity index (χ4n) is 2.94. The van der Waals surface area contributed by atoms with Crippen LogP contribution in [0.25, 0.3) is 11.1 Å². The molecule has 0 heterocycles. The molecule has 0 N–H and O–H groups in total. The summed E-state index contributed by atoms with van der Waals surface area (Å²) in [4.78, 5) is 0. The third kappa shape index (κ3) is 3.53. The van der Waals surface area contributed by atoms with Crippen molar-refractivity contribution in [2.24, 2.45) is 0 Å². The Morgan fingerprint density at radius 3 is 1.75 bits per heavy atom. The van der Waals surface area contributed by atoms with Crippen LogP contribution >= 0.6 is 0 Å². The maximum absolute atomic E-state index is 5.89. The summed E-state index contributed by atoms with van der Waals surface area (Å²) in [6.45, 7) is 17.0. The molecule has 0 radical (unpaired) electrons. The van der Waals surface area contributed by atoms with Crippen molar-refractivity contribution in [2.45, 2.75) is 27.7 Å². The van der Waals surface area contributed by atoms with E-state index in [9.17, 15) is 0 Å². The van der Waals surface area contributed by atoms with Crippen LogP contribution in [0.15, 0.2) is 49.6 Å². The van der Waals surface area contributed by atoms with Gasteiger partial charge in [-0.15, -0.1) is 0 Å². The van der Waals surface area contributed by atoms with Gasteiger partial charge in [0.1, 0.15) is 24.7 Å². The number of ether oxygens (including phenoxy) is 2. The highest BCUT2D eigenvalue weighted by atomic mass is 16.5. The molecule has 0 amide bonds. The molecular formula is C22H26O2. The highest BCUT2D eigenvalue weighted by molar-refractivity contribution is 5.76. The first-order valence-electron chi connectivity index (χ1n) is 8.19. The van der Waals surface area contributed by atoms with E-state index in [1.807, 2.05) is 12.1 Å².